The maximum atomic E-state index is 12.3. The highest BCUT2D eigenvalue weighted by molar-refractivity contribution is 5.99. The van der Waals surface area contributed by atoms with Crippen LogP contribution in [0.25, 0.3) is 0 Å². The number of hydrogen-bond acceptors (Lipinski definition) is 3. The Morgan fingerprint density at radius 1 is 1.37 bits per heavy atom. The van der Waals surface area contributed by atoms with E-state index in [4.69, 9.17) is 4.74 Å². The predicted octanol–water partition coefficient (Wildman–Crippen LogP) is 1.17. The normalized spacial score (nSPS) is 22.8. The fraction of sp³-hybridized carbons (Fsp3) is 0.857. The summed E-state index contributed by atoms with van der Waals surface area (Å²) in [5, 5.41) is 2.77. The van der Waals surface area contributed by atoms with Gasteiger partial charge in [-0.2, -0.15) is 0 Å². The summed E-state index contributed by atoms with van der Waals surface area (Å²) in [4.78, 5) is 26.0. The van der Waals surface area contributed by atoms with E-state index in [1.54, 1.807) is 18.7 Å². The van der Waals surface area contributed by atoms with Crippen molar-refractivity contribution >= 4 is 11.8 Å². The van der Waals surface area contributed by atoms with Gasteiger partial charge in [0.05, 0.1) is 6.61 Å². The van der Waals surface area contributed by atoms with Crippen molar-refractivity contribution in [3.8, 4) is 0 Å². The van der Waals surface area contributed by atoms with Crippen molar-refractivity contribution in [3.63, 3.8) is 0 Å². The van der Waals surface area contributed by atoms with E-state index in [-0.39, 0.29) is 17.9 Å². The maximum absolute atomic E-state index is 12.3. The number of carbonyl (C=O) groups is 2. The van der Waals surface area contributed by atoms with E-state index in [1.165, 1.54) is 0 Å². The summed E-state index contributed by atoms with van der Waals surface area (Å²) in [6, 6.07) is -0.372. The molecule has 1 aliphatic rings. The summed E-state index contributed by atoms with van der Waals surface area (Å²) < 4.78 is 5.52. The van der Waals surface area contributed by atoms with Gasteiger partial charge in [0.2, 0.25) is 11.8 Å². The second kappa shape index (κ2) is 6.37. The van der Waals surface area contributed by atoms with Gasteiger partial charge in [0, 0.05) is 13.2 Å². The first-order valence-electron chi connectivity index (χ1n) is 7.00. The monoisotopic (exact) mass is 270 g/mol. The maximum Gasteiger partial charge on any atom is 0.248 e. The summed E-state index contributed by atoms with van der Waals surface area (Å²) in [5.41, 5.74) is -0.819. The molecule has 2 amide bonds. The molecule has 0 spiro atoms. The third-order valence-electron chi connectivity index (χ3n) is 3.22. The van der Waals surface area contributed by atoms with E-state index in [1.807, 2.05) is 6.92 Å². The number of hydrogen-bond donors (Lipinski definition) is 1. The summed E-state index contributed by atoms with van der Waals surface area (Å²) >= 11 is 0. The smallest absolute Gasteiger partial charge is 0.248 e. The van der Waals surface area contributed by atoms with Gasteiger partial charge in [-0.1, -0.05) is 20.8 Å². The fourth-order valence-corrected chi connectivity index (χ4v) is 2.23. The number of carbonyl (C=O) groups excluding carboxylic acids is 2. The molecule has 0 aromatic rings. The minimum Gasteiger partial charge on any atom is -0.379 e. The van der Waals surface area contributed by atoms with Crippen LogP contribution in [-0.4, -0.2) is 48.1 Å². The van der Waals surface area contributed by atoms with Crippen molar-refractivity contribution < 1.29 is 14.3 Å². The third-order valence-corrected chi connectivity index (χ3v) is 3.22. The van der Waals surface area contributed by atoms with Crippen LogP contribution in [0.15, 0.2) is 0 Å². The standard InChI is InChI=1S/C14H26N2O3/c1-6-11-12(17)15-14(4,5)13(18)16(11)7-8-19-9-10(2)3/h10-11H,6-9H2,1-5H3,(H,15,17). The Morgan fingerprint density at radius 3 is 2.53 bits per heavy atom. The van der Waals surface area contributed by atoms with Crippen LogP contribution in [0.3, 0.4) is 0 Å². The molecule has 1 rings (SSSR count). The molecule has 1 N–H and O–H groups in total. The summed E-state index contributed by atoms with van der Waals surface area (Å²) in [6.45, 7) is 11.2. The van der Waals surface area contributed by atoms with Gasteiger partial charge in [0.15, 0.2) is 0 Å². The summed E-state index contributed by atoms with van der Waals surface area (Å²) in [5.74, 6) is 0.363. The molecule has 0 radical (unpaired) electrons. The second-order valence-corrected chi connectivity index (χ2v) is 6.01. The van der Waals surface area contributed by atoms with E-state index in [0.29, 0.717) is 32.1 Å². The van der Waals surface area contributed by atoms with E-state index < -0.39 is 5.54 Å². The molecular formula is C14H26N2O3. The molecule has 0 saturated carbocycles. The minimum atomic E-state index is -0.819. The van der Waals surface area contributed by atoms with E-state index in [0.717, 1.165) is 0 Å². The van der Waals surface area contributed by atoms with Gasteiger partial charge in [0.25, 0.3) is 0 Å². The quantitative estimate of drug-likeness (QED) is 0.737. The van der Waals surface area contributed by atoms with Crippen molar-refractivity contribution in [2.24, 2.45) is 5.92 Å². The highest BCUT2D eigenvalue weighted by atomic mass is 16.5. The zero-order valence-corrected chi connectivity index (χ0v) is 12.7. The third kappa shape index (κ3) is 3.93. The average molecular weight is 270 g/mol. The molecule has 1 saturated heterocycles. The highest BCUT2D eigenvalue weighted by Gasteiger charge is 2.44. The molecule has 0 aromatic heterocycles. The van der Waals surface area contributed by atoms with Crippen LogP contribution >= 0.6 is 0 Å². The van der Waals surface area contributed by atoms with Gasteiger partial charge in [-0.05, 0) is 26.2 Å². The van der Waals surface area contributed by atoms with Crippen LogP contribution < -0.4 is 5.32 Å². The predicted molar refractivity (Wildman–Crippen MR) is 73.7 cm³/mol. The average Bonchev–Trinajstić information content (AvgIpc) is 2.29. The first kappa shape index (κ1) is 16.0. The van der Waals surface area contributed by atoms with Gasteiger partial charge in [-0.15, -0.1) is 0 Å². The molecule has 1 unspecified atom stereocenters. The highest BCUT2D eigenvalue weighted by Crippen LogP contribution is 2.19. The van der Waals surface area contributed by atoms with Crippen molar-refractivity contribution in [3.05, 3.63) is 0 Å². The number of rotatable bonds is 6. The lowest BCUT2D eigenvalue weighted by Crippen LogP contribution is -2.68. The molecule has 19 heavy (non-hydrogen) atoms. The zero-order chi connectivity index (χ0) is 14.6. The molecule has 1 atom stereocenters. The van der Waals surface area contributed by atoms with Crippen molar-refractivity contribution in [2.75, 3.05) is 19.8 Å². The lowest BCUT2D eigenvalue weighted by atomic mass is 9.96. The number of ether oxygens (including phenoxy) is 1. The van der Waals surface area contributed by atoms with Gasteiger partial charge < -0.3 is 15.0 Å². The molecule has 1 heterocycles. The Morgan fingerprint density at radius 2 is 2.00 bits per heavy atom. The first-order valence-corrected chi connectivity index (χ1v) is 7.00. The molecule has 110 valence electrons. The minimum absolute atomic E-state index is 0.0351. The van der Waals surface area contributed by atoms with Gasteiger partial charge in [-0.3, -0.25) is 9.59 Å². The van der Waals surface area contributed by atoms with Crippen molar-refractivity contribution in [1.29, 1.82) is 0 Å². The largest absolute Gasteiger partial charge is 0.379 e. The van der Waals surface area contributed by atoms with Crippen molar-refractivity contribution in [2.45, 2.75) is 52.6 Å². The molecule has 5 heteroatoms. The lowest BCUT2D eigenvalue weighted by molar-refractivity contribution is -0.154. The Bertz CT molecular complexity index is 340. The van der Waals surface area contributed by atoms with Gasteiger partial charge >= 0.3 is 0 Å². The topological polar surface area (TPSA) is 58.6 Å². The van der Waals surface area contributed by atoms with Crippen LogP contribution in [-0.2, 0) is 14.3 Å². The molecule has 0 aromatic carbocycles. The number of amides is 2. The first-order chi connectivity index (χ1) is 8.79. The Balaban J connectivity index is 2.64. The molecule has 0 aliphatic carbocycles. The molecule has 1 aliphatic heterocycles. The summed E-state index contributed by atoms with van der Waals surface area (Å²) in [7, 11) is 0. The lowest BCUT2D eigenvalue weighted by Gasteiger charge is -2.42. The number of nitrogens with one attached hydrogen (secondary N) is 1. The number of piperazine rings is 1. The molecular weight excluding hydrogens is 244 g/mol. The molecule has 5 nitrogen and oxygen atoms in total. The second-order valence-electron chi connectivity index (χ2n) is 6.01. The van der Waals surface area contributed by atoms with Crippen LogP contribution in [0.1, 0.15) is 41.0 Å². The molecule has 0 bridgehead atoms. The van der Waals surface area contributed by atoms with Crippen molar-refractivity contribution in [1.82, 2.24) is 10.2 Å². The number of nitrogens with zero attached hydrogens (tertiary/aromatic N) is 1. The van der Waals surface area contributed by atoms with E-state index >= 15 is 0 Å². The van der Waals surface area contributed by atoms with Crippen LogP contribution in [0, 0.1) is 5.92 Å². The van der Waals surface area contributed by atoms with E-state index in [9.17, 15) is 9.59 Å². The SMILES string of the molecule is CCC1C(=O)NC(C)(C)C(=O)N1CCOCC(C)C. The van der Waals surface area contributed by atoms with Crippen LogP contribution in [0.5, 0.6) is 0 Å². The Labute approximate surface area is 115 Å². The van der Waals surface area contributed by atoms with Crippen LogP contribution in [0.2, 0.25) is 0 Å². The van der Waals surface area contributed by atoms with Crippen LogP contribution in [0.4, 0.5) is 0 Å². The van der Waals surface area contributed by atoms with Gasteiger partial charge in [0.1, 0.15) is 11.6 Å². The fourth-order valence-electron chi connectivity index (χ4n) is 2.23. The Kier molecular flexibility index (Phi) is 5.35. The Hall–Kier alpha value is -1.10. The summed E-state index contributed by atoms with van der Waals surface area (Å²) in [6.07, 6.45) is 0.623. The molecule has 1 fully saturated rings. The van der Waals surface area contributed by atoms with E-state index in [2.05, 4.69) is 19.2 Å². The zero-order valence-electron chi connectivity index (χ0n) is 12.7. The van der Waals surface area contributed by atoms with Gasteiger partial charge in [-0.25, -0.2) is 0 Å².